The predicted molar refractivity (Wildman–Crippen MR) is 73.1 cm³/mol. The average molecular weight is 325 g/mol. The van der Waals surface area contributed by atoms with Crippen LogP contribution in [-0.4, -0.2) is 52.4 Å². The smallest absolute Gasteiger partial charge is 0.414 e. The van der Waals surface area contributed by atoms with Crippen molar-refractivity contribution in [2.45, 2.75) is 64.3 Å². The van der Waals surface area contributed by atoms with Gasteiger partial charge in [-0.3, -0.25) is 4.90 Å². The number of carbonyl (C=O) groups excluding carboxylic acids is 1. The van der Waals surface area contributed by atoms with Gasteiger partial charge in [-0.15, -0.1) is 0 Å². The largest absolute Gasteiger partial charge is 0.444 e. The minimum Gasteiger partial charge on any atom is -0.444 e. The molecule has 1 aliphatic heterocycles. The lowest BCUT2D eigenvalue weighted by Crippen LogP contribution is -2.54. The van der Waals surface area contributed by atoms with Crippen LogP contribution < -0.4 is 0 Å². The summed E-state index contributed by atoms with van der Waals surface area (Å²) in [7, 11) is 0. The lowest BCUT2D eigenvalue weighted by atomic mass is 10.0. The van der Waals surface area contributed by atoms with Crippen LogP contribution in [0.4, 0.5) is 18.0 Å². The fourth-order valence-electron chi connectivity index (χ4n) is 2.13. The number of halogens is 3. The molecule has 1 amide bonds. The molecule has 128 valence electrons. The third kappa shape index (κ3) is 4.13. The quantitative estimate of drug-likeness (QED) is 0.793. The van der Waals surface area contributed by atoms with Gasteiger partial charge in [-0.25, -0.2) is 4.79 Å². The van der Waals surface area contributed by atoms with Crippen molar-refractivity contribution < 1.29 is 32.5 Å². The highest BCUT2D eigenvalue weighted by Gasteiger charge is 2.51. The Bertz CT molecular complexity index is 454. The molecule has 1 rings (SSSR count). The van der Waals surface area contributed by atoms with E-state index in [2.05, 4.69) is 6.58 Å². The molecule has 1 N–H and O–H groups in total. The van der Waals surface area contributed by atoms with Gasteiger partial charge in [-0.05, 0) is 34.6 Å². The van der Waals surface area contributed by atoms with Gasteiger partial charge >= 0.3 is 12.3 Å². The highest BCUT2D eigenvalue weighted by Crippen LogP contribution is 2.36. The maximum atomic E-state index is 12.7. The van der Waals surface area contributed by atoms with E-state index in [9.17, 15) is 23.1 Å². The van der Waals surface area contributed by atoms with Crippen LogP contribution in [0.5, 0.6) is 0 Å². The van der Waals surface area contributed by atoms with Gasteiger partial charge in [0.15, 0.2) is 0 Å². The molecule has 0 spiro atoms. The standard InChI is InChI=1S/C14H22F3NO4/c1-8(14(15,16)17)10(19)9-7-21-13(5,6)18(9)11(20)22-12(2,3)4/h9-10,19H,1,7H2,2-6H3/t9-,10+/m0/s1. The van der Waals surface area contributed by atoms with Crippen molar-refractivity contribution in [1.82, 2.24) is 4.90 Å². The minimum atomic E-state index is -4.76. The molecule has 1 aliphatic rings. The van der Waals surface area contributed by atoms with E-state index in [0.29, 0.717) is 0 Å². The number of aliphatic hydroxyl groups excluding tert-OH is 1. The van der Waals surface area contributed by atoms with Gasteiger partial charge in [0, 0.05) is 0 Å². The van der Waals surface area contributed by atoms with Crippen LogP contribution in [0, 0.1) is 0 Å². The number of rotatable bonds is 2. The number of alkyl halides is 3. The SMILES string of the molecule is C=C([C@@H](O)[C@@H]1COC(C)(C)N1C(=O)OC(C)(C)C)C(F)(F)F. The van der Waals surface area contributed by atoms with Crippen molar-refractivity contribution in [2.24, 2.45) is 0 Å². The lowest BCUT2D eigenvalue weighted by Gasteiger charge is -2.36. The predicted octanol–water partition coefficient (Wildman–Crippen LogP) is 2.84. The molecule has 5 nitrogen and oxygen atoms in total. The Morgan fingerprint density at radius 3 is 2.32 bits per heavy atom. The second-order valence-corrected chi connectivity index (χ2v) is 6.64. The second-order valence-electron chi connectivity index (χ2n) is 6.64. The first kappa shape index (κ1) is 18.8. The highest BCUT2D eigenvalue weighted by molar-refractivity contribution is 5.70. The lowest BCUT2D eigenvalue weighted by molar-refractivity contribution is -0.112. The van der Waals surface area contributed by atoms with E-state index in [1.54, 1.807) is 20.8 Å². The molecule has 1 saturated heterocycles. The van der Waals surface area contributed by atoms with Gasteiger partial charge < -0.3 is 14.6 Å². The Morgan fingerprint density at radius 1 is 1.41 bits per heavy atom. The Kier molecular flexibility index (Phi) is 4.89. The third-order valence-corrected chi connectivity index (χ3v) is 3.19. The highest BCUT2D eigenvalue weighted by atomic mass is 19.4. The van der Waals surface area contributed by atoms with Gasteiger partial charge in [0.1, 0.15) is 17.4 Å². The number of hydrogen-bond acceptors (Lipinski definition) is 4. The summed E-state index contributed by atoms with van der Waals surface area (Å²) in [6.07, 6.45) is -7.60. The zero-order chi connectivity index (χ0) is 17.5. The van der Waals surface area contributed by atoms with Crippen LogP contribution in [0.2, 0.25) is 0 Å². The first-order valence-electron chi connectivity index (χ1n) is 6.77. The van der Waals surface area contributed by atoms with Gasteiger partial charge in [-0.2, -0.15) is 13.2 Å². The van der Waals surface area contributed by atoms with E-state index < -0.39 is 41.3 Å². The van der Waals surface area contributed by atoms with E-state index in [-0.39, 0.29) is 6.61 Å². The summed E-state index contributed by atoms with van der Waals surface area (Å²) < 4.78 is 48.7. The molecule has 2 atom stereocenters. The molecule has 0 radical (unpaired) electrons. The summed E-state index contributed by atoms with van der Waals surface area (Å²) in [5, 5.41) is 9.95. The van der Waals surface area contributed by atoms with Crippen molar-refractivity contribution in [2.75, 3.05) is 6.61 Å². The molecule has 0 bridgehead atoms. The fraction of sp³-hybridized carbons (Fsp3) is 0.786. The molecule has 0 aromatic carbocycles. The van der Waals surface area contributed by atoms with E-state index in [1.807, 2.05) is 0 Å². The van der Waals surface area contributed by atoms with Crippen LogP contribution >= 0.6 is 0 Å². The summed E-state index contributed by atoms with van der Waals surface area (Å²) >= 11 is 0. The van der Waals surface area contributed by atoms with Crippen molar-refractivity contribution in [3.8, 4) is 0 Å². The van der Waals surface area contributed by atoms with Crippen LogP contribution in [0.15, 0.2) is 12.2 Å². The summed E-state index contributed by atoms with van der Waals surface area (Å²) in [4.78, 5) is 13.3. The normalized spacial score (nSPS) is 23.3. The van der Waals surface area contributed by atoms with E-state index in [4.69, 9.17) is 9.47 Å². The monoisotopic (exact) mass is 325 g/mol. The average Bonchev–Trinajstić information content (AvgIpc) is 2.59. The molecule has 0 aliphatic carbocycles. The Hall–Kier alpha value is -1.28. The molecule has 0 saturated carbocycles. The molecular formula is C14H22F3NO4. The van der Waals surface area contributed by atoms with E-state index in [0.717, 1.165) is 4.90 Å². The van der Waals surface area contributed by atoms with Crippen LogP contribution in [0.3, 0.4) is 0 Å². The molecule has 0 unspecified atom stereocenters. The number of nitrogens with zero attached hydrogens (tertiary/aromatic N) is 1. The number of ether oxygens (including phenoxy) is 2. The third-order valence-electron chi connectivity index (χ3n) is 3.19. The van der Waals surface area contributed by atoms with Crippen LogP contribution in [0.1, 0.15) is 34.6 Å². The molecule has 1 fully saturated rings. The molecule has 1 heterocycles. The topological polar surface area (TPSA) is 59.0 Å². The second kappa shape index (κ2) is 5.73. The summed E-state index contributed by atoms with van der Waals surface area (Å²) in [6.45, 7) is 10.6. The van der Waals surface area contributed by atoms with Gasteiger partial charge in [-0.1, -0.05) is 6.58 Å². The minimum absolute atomic E-state index is 0.248. The molecule has 0 aromatic rings. The van der Waals surface area contributed by atoms with Crippen molar-refractivity contribution in [3.63, 3.8) is 0 Å². The molecule has 8 heteroatoms. The van der Waals surface area contributed by atoms with Crippen LogP contribution in [0.25, 0.3) is 0 Å². The number of aliphatic hydroxyl groups is 1. The van der Waals surface area contributed by atoms with Gasteiger partial charge in [0.2, 0.25) is 0 Å². The van der Waals surface area contributed by atoms with Crippen LogP contribution in [-0.2, 0) is 9.47 Å². The summed E-state index contributed by atoms with van der Waals surface area (Å²) in [5.41, 5.74) is -3.35. The fourth-order valence-corrected chi connectivity index (χ4v) is 2.13. The first-order chi connectivity index (χ1) is 9.67. The van der Waals surface area contributed by atoms with E-state index in [1.165, 1.54) is 13.8 Å². The Morgan fingerprint density at radius 2 is 1.91 bits per heavy atom. The van der Waals surface area contributed by atoms with Gasteiger partial charge in [0.05, 0.1) is 18.2 Å². The summed E-state index contributed by atoms with van der Waals surface area (Å²) in [5.74, 6) is 0. The zero-order valence-corrected chi connectivity index (χ0v) is 13.3. The zero-order valence-electron chi connectivity index (χ0n) is 13.3. The van der Waals surface area contributed by atoms with Crippen molar-refractivity contribution in [3.05, 3.63) is 12.2 Å². The number of hydrogen-bond donors (Lipinski definition) is 1. The maximum Gasteiger partial charge on any atom is 0.414 e. The molecule has 22 heavy (non-hydrogen) atoms. The summed E-state index contributed by atoms with van der Waals surface area (Å²) in [6, 6.07) is -1.22. The number of carbonyl (C=O) groups is 1. The molecular weight excluding hydrogens is 303 g/mol. The van der Waals surface area contributed by atoms with Crippen molar-refractivity contribution in [1.29, 1.82) is 0 Å². The first-order valence-corrected chi connectivity index (χ1v) is 6.77. The molecule has 0 aromatic heterocycles. The maximum absolute atomic E-state index is 12.7. The Balaban J connectivity index is 3.04. The van der Waals surface area contributed by atoms with E-state index >= 15 is 0 Å². The number of amides is 1. The van der Waals surface area contributed by atoms with Crippen molar-refractivity contribution >= 4 is 6.09 Å². The van der Waals surface area contributed by atoms with Gasteiger partial charge in [0.25, 0.3) is 0 Å². The Labute approximate surface area is 127 Å².